The van der Waals surface area contributed by atoms with Crippen LogP contribution in [0.2, 0.25) is 0 Å². The molecule has 0 saturated carbocycles. The Hall–Kier alpha value is -4.40. The summed E-state index contributed by atoms with van der Waals surface area (Å²) in [5.74, 6) is 1.65. The number of carbonyl (C=O) groups excluding carboxylic acids is 2. The van der Waals surface area contributed by atoms with E-state index < -0.39 is 11.8 Å². The van der Waals surface area contributed by atoms with Crippen LogP contribution in [-0.2, 0) is 4.79 Å². The molecule has 2 aromatic carbocycles. The second-order valence-corrected chi connectivity index (χ2v) is 7.46. The van der Waals surface area contributed by atoms with Crippen molar-refractivity contribution in [2.75, 3.05) is 27.9 Å². The van der Waals surface area contributed by atoms with Gasteiger partial charge in [0.15, 0.2) is 11.5 Å². The van der Waals surface area contributed by atoms with Crippen LogP contribution in [0.4, 0.5) is 0 Å². The fraction of sp³-hybridized carbons (Fsp3) is 0.231. The number of furan rings is 1. The van der Waals surface area contributed by atoms with Crippen molar-refractivity contribution < 1.29 is 33.0 Å². The van der Waals surface area contributed by atoms with E-state index in [4.69, 9.17) is 23.4 Å². The number of rotatable bonds is 11. The molecular weight excluding hydrogens is 452 g/mol. The zero-order valence-electron chi connectivity index (χ0n) is 20.0. The predicted octanol–water partition coefficient (Wildman–Crippen LogP) is 3.66. The van der Waals surface area contributed by atoms with Gasteiger partial charge in [0.25, 0.3) is 11.8 Å². The van der Waals surface area contributed by atoms with E-state index in [9.17, 15) is 9.59 Å². The predicted molar refractivity (Wildman–Crippen MR) is 130 cm³/mol. The summed E-state index contributed by atoms with van der Waals surface area (Å²) >= 11 is 0. The van der Waals surface area contributed by atoms with E-state index in [0.717, 1.165) is 5.75 Å². The van der Waals surface area contributed by atoms with E-state index in [1.807, 2.05) is 0 Å². The first-order chi connectivity index (χ1) is 16.9. The van der Waals surface area contributed by atoms with Crippen LogP contribution in [0, 0.1) is 0 Å². The molecule has 1 atom stereocenters. The van der Waals surface area contributed by atoms with E-state index in [1.165, 1.54) is 32.6 Å². The van der Waals surface area contributed by atoms with E-state index in [-0.39, 0.29) is 23.9 Å². The Kier molecular flexibility index (Phi) is 8.77. The second-order valence-electron chi connectivity index (χ2n) is 7.46. The lowest BCUT2D eigenvalue weighted by atomic mass is 10.1. The average molecular weight is 481 g/mol. The molecule has 0 unspecified atom stereocenters. The molecule has 3 aromatic rings. The van der Waals surface area contributed by atoms with Gasteiger partial charge < -0.3 is 34.0 Å². The zero-order chi connectivity index (χ0) is 25.2. The highest BCUT2D eigenvalue weighted by molar-refractivity contribution is 6.05. The molecular formula is C26H28N2O7. The van der Waals surface area contributed by atoms with Crippen LogP contribution in [0.15, 0.2) is 71.0 Å². The summed E-state index contributed by atoms with van der Waals surface area (Å²) in [5, 5.41) is 5.48. The van der Waals surface area contributed by atoms with Gasteiger partial charge in [0.2, 0.25) is 0 Å². The lowest BCUT2D eigenvalue weighted by Gasteiger charge is -2.17. The van der Waals surface area contributed by atoms with Crippen molar-refractivity contribution in [3.05, 3.63) is 77.9 Å². The highest BCUT2D eigenvalue weighted by atomic mass is 16.5. The van der Waals surface area contributed by atoms with Gasteiger partial charge in [-0.2, -0.15) is 0 Å². The summed E-state index contributed by atoms with van der Waals surface area (Å²) in [5.41, 5.74) is 0.299. The molecule has 3 rings (SSSR count). The topological polar surface area (TPSA) is 108 Å². The Labute approximate surface area is 203 Å². The molecule has 0 bridgehead atoms. The van der Waals surface area contributed by atoms with Crippen LogP contribution >= 0.6 is 0 Å². The van der Waals surface area contributed by atoms with Crippen LogP contribution in [0.25, 0.3) is 6.08 Å². The smallest absolute Gasteiger partial charge is 0.268 e. The minimum Gasteiger partial charge on any atom is -0.497 e. The largest absolute Gasteiger partial charge is 0.497 e. The zero-order valence-corrected chi connectivity index (χ0v) is 20.0. The molecule has 1 aromatic heterocycles. The first-order valence-electron chi connectivity index (χ1n) is 10.8. The molecule has 9 nitrogen and oxygen atoms in total. The van der Waals surface area contributed by atoms with Crippen LogP contribution in [0.3, 0.4) is 0 Å². The molecule has 2 amide bonds. The Morgan fingerprint density at radius 2 is 1.66 bits per heavy atom. The molecule has 0 saturated heterocycles. The van der Waals surface area contributed by atoms with Gasteiger partial charge in [0, 0.05) is 11.6 Å². The Morgan fingerprint density at radius 1 is 0.943 bits per heavy atom. The van der Waals surface area contributed by atoms with Gasteiger partial charge in [-0.1, -0.05) is 0 Å². The van der Waals surface area contributed by atoms with Crippen molar-refractivity contribution >= 4 is 17.9 Å². The van der Waals surface area contributed by atoms with E-state index in [0.29, 0.717) is 23.0 Å². The number of ether oxygens (including phenoxy) is 4. The molecule has 0 radical (unpaired) electrons. The second kappa shape index (κ2) is 12.2. The summed E-state index contributed by atoms with van der Waals surface area (Å²) in [7, 11) is 4.57. The summed E-state index contributed by atoms with van der Waals surface area (Å²) < 4.78 is 26.6. The quantitative estimate of drug-likeness (QED) is 0.403. The Balaban J connectivity index is 1.69. The molecule has 0 spiro atoms. The minimum atomic E-state index is -0.499. The summed E-state index contributed by atoms with van der Waals surface area (Å²) in [4.78, 5) is 25.9. The molecule has 1 heterocycles. The third-order valence-electron chi connectivity index (χ3n) is 4.91. The van der Waals surface area contributed by atoms with E-state index in [2.05, 4.69) is 10.6 Å². The van der Waals surface area contributed by atoms with Crippen molar-refractivity contribution in [1.29, 1.82) is 0 Å². The van der Waals surface area contributed by atoms with Gasteiger partial charge in [-0.25, -0.2) is 0 Å². The van der Waals surface area contributed by atoms with Gasteiger partial charge in [0.1, 0.15) is 29.6 Å². The first kappa shape index (κ1) is 25.2. The maximum Gasteiger partial charge on any atom is 0.268 e. The van der Waals surface area contributed by atoms with Crippen molar-refractivity contribution in [3.63, 3.8) is 0 Å². The maximum atomic E-state index is 13.0. The number of nitrogens with one attached hydrogen (secondary N) is 2. The summed E-state index contributed by atoms with van der Waals surface area (Å²) in [6.45, 7) is 2.01. The summed E-state index contributed by atoms with van der Waals surface area (Å²) in [6.07, 6.45) is 2.92. The van der Waals surface area contributed by atoms with Gasteiger partial charge in [-0.15, -0.1) is 0 Å². The molecule has 0 aliphatic heterocycles. The van der Waals surface area contributed by atoms with Crippen LogP contribution in [0.5, 0.6) is 23.0 Å². The molecule has 9 heteroatoms. The number of benzene rings is 2. The maximum absolute atomic E-state index is 13.0. The van der Waals surface area contributed by atoms with Crippen LogP contribution in [-0.4, -0.2) is 45.8 Å². The summed E-state index contributed by atoms with van der Waals surface area (Å²) in [6, 6.07) is 14.8. The van der Waals surface area contributed by atoms with Gasteiger partial charge >= 0.3 is 0 Å². The van der Waals surface area contributed by atoms with Gasteiger partial charge in [-0.05, 0) is 61.5 Å². The average Bonchev–Trinajstić information content (AvgIpc) is 3.40. The highest BCUT2D eigenvalue weighted by Crippen LogP contribution is 2.27. The van der Waals surface area contributed by atoms with Crippen molar-refractivity contribution in [3.8, 4) is 23.0 Å². The van der Waals surface area contributed by atoms with Crippen molar-refractivity contribution in [2.45, 2.75) is 13.0 Å². The SMILES string of the molecule is COc1ccc(OC[C@H](C)NC(=O)/C(=C/c2ccco2)NC(=O)c2ccc(OC)c(OC)c2)cc1. The minimum absolute atomic E-state index is 0.0102. The Morgan fingerprint density at radius 3 is 2.29 bits per heavy atom. The van der Waals surface area contributed by atoms with Crippen LogP contribution in [0.1, 0.15) is 23.0 Å². The Bertz CT molecular complexity index is 1150. The van der Waals surface area contributed by atoms with E-state index in [1.54, 1.807) is 62.6 Å². The number of hydrogen-bond acceptors (Lipinski definition) is 7. The molecule has 0 fully saturated rings. The standard InChI is InChI=1S/C26H28N2O7/c1-17(16-35-20-10-8-19(31-2)9-11-20)27-26(30)22(15-21-6-5-13-34-21)28-25(29)18-7-12-23(32-3)24(14-18)33-4/h5-15,17H,16H2,1-4H3,(H,27,30)(H,28,29)/b22-15-/t17-/m0/s1. The third-order valence-corrected chi connectivity index (χ3v) is 4.91. The lowest BCUT2D eigenvalue weighted by Crippen LogP contribution is -2.41. The monoisotopic (exact) mass is 480 g/mol. The third kappa shape index (κ3) is 7.04. The molecule has 0 aliphatic carbocycles. The fourth-order valence-corrected chi connectivity index (χ4v) is 3.08. The number of amides is 2. The molecule has 35 heavy (non-hydrogen) atoms. The lowest BCUT2D eigenvalue weighted by molar-refractivity contribution is -0.118. The number of carbonyl (C=O) groups is 2. The van der Waals surface area contributed by atoms with Crippen molar-refractivity contribution in [2.24, 2.45) is 0 Å². The van der Waals surface area contributed by atoms with Gasteiger partial charge in [0.05, 0.1) is 33.6 Å². The fourth-order valence-electron chi connectivity index (χ4n) is 3.08. The molecule has 2 N–H and O–H groups in total. The molecule has 0 aliphatic rings. The van der Waals surface area contributed by atoms with Crippen LogP contribution < -0.4 is 29.6 Å². The number of hydrogen-bond donors (Lipinski definition) is 2. The first-order valence-corrected chi connectivity index (χ1v) is 10.8. The van der Waals surface area contributed by atoms with E-state index >= 15 is 0 Å². The van der Waals surface area contributed by atoms with Crippen molar-refractivity contribution in [1.82, 2.24) is 10.6 Å². The molecule has 184 valence electrons. The number of methoxy groups -OCH3 is 3. The highest BCUT2D eigenvalue weighted by Gasteiger charge is 2.19. The normalized spacial score (nSPS) is 11.8. The van der Waals surface area contributed by atoms with Gasteiger partial charge in [-0.3, -0.25) is 9.59 Å².